The molecule has 0 unspecified atom stereocenters. The second-order valence-electron chi connectivity index (χ2n) is 4.38. The van der Waals surface area contributed by atoms with Gasteiger partial charge >= 0.3 is 0 Å². The van der Waals surface area contributed by atoms with Crippen LogP contribution >= 0.6 is 0 Å². The van der Waals surface area contributed by atoms with Crippen LogP contribution in [-0.2, 0) is 6.54 Å². The molecule has 0 bridgehead atoms. The van der Waals surface area contributed by atoms with E-state index in [1.807, 2.05) is 26.2 Å². The molecule has 2 heterocycles. The third-order valence-corrected chi connectivity index (χ3v) is 3.11. The van der Waals surface area contributed by atoms with E-state index < -0.39 is 0 Å². The van der Waals surface area contributed by atoms with Crippen molar-refractivity contribution >= 4 is 0 Å². The van der Waals surface area contributed by atoms with Crippen LogP contribution in [0, 0.1) is 20.8 Å². The van der Waals surface area contributed by atoms with Gasteiger partial charge in [0.2, 0.25) is 0 Å². The van der Waals surface area contributed by atoms with Crippen molar-refractivity contribution in [3.8, 4) is 5.95 Å². The van der Waals surface area contributed by atoms with E-state index in [1.54, 1.807) is 4.68 Å². The third kappa shape index (κ3) is 2.41. The maximum absolute atomic E-state index is 4.45. The Kier molecular flexibility index (Phi) is 3.72. The number of hydrogen-bond donors (Lipinski definition) is 1. The molecule has 0 amide bonds. The van der Waals surface area contributed by atoms with Gasteiger partial charge in [0.25, 0.3) is 5.95 Å². The summed E-state index contributed by atoms with van der Waals surface area (Å²) in [5.74, 6) is 0.629. The van der Waals surface area contributed by atoms with Crippen molar-refractivity contribution in [1.29, 1.82) is 0 Å². The van der Waals surface area contributed by atoms with Gasteiger partial charge in [-0.3, -0.25) is 0 Å². The lowest BCUT2D eigenvalue weighted by Gasteiger charge is -2.04. The first-order chi connectivity index (χ1) is 8.63. The van der Waals surface area contributed by atoms with E-state index in [0.717, 1.165) is 30.0 Å². The lowest BCUT2D eigenvalue weighted by Crippen LogP contribution is -2.13. The zero-order valence-corrected chi connectivity index (χ0v) is 11.4. The number of aromatic nitrogens is 4. The van der Waals surface area contributed by atoms with Crippen LogP contribution in [0.2, 0.25) is 0 Å². The minimum atomic E-state index is 0.629. The molecule has 96 valence electrons. The number of nitrogens with zero attached hydrogens (tertiary/aromatic N) is 4. The van der Waals surface area contributed by atoms with Gasteiger partial charge < -0.3 is 5.32 Å². The minimum Gasteiger partial charge on any atom is -0.313 e. The zero-order valence-electron chi connectivity index (χ0n) is 11.4. The minimum absolute atomic E-state index is 0.629. The molecule has 0 aliphatic rings. The van der Waals surface area contributed by atoms with Crippen LogP contribution in [0.25, 0.3) is 5.95 Å². The first-order valence-electron chi connectivity index (χ1n) is 6.18. The van der Waals surface area contributed by atoms with Crippen molar-refractivity contribution in [2.24, 2.45) is 0 Å². The van der Waals surface area contributed by atoms with Crippen molar-refractivity contribution in [3.05, 3.63) is 34.9 Å². The van der Waals surface area contributed by atoms with Crippen molar-refractivity contribution < 1.29 is 0 Å². The zero-order chi connectivity index (χ0) is 13.1. The monoisotopic (exact) mass is 245 g/mol. The van der Waals surface area contributed by atoms with Gasteiger partial charge in [-0.2, -0.15) is 5.10 Å². The molecule has 2 rings (SSSR count). The Morgan fingerprint density at radius 2 is 1.83 bits per heavy atom. The summed E-state index contributed by atoms with van der Waals surface area (Å²) >= 11 is 0. The Morgan fingerprint density at radius 3 is 2.33 bits per heavy atom. The maximum atomic E-state index is 4.45. The smallest absolute Gasteiger partial charge is 0.250 e. The fourth-order valence-corrected chi connectivity index (χ4v) is 1.73. The van der Waals surface area contributed by atoms with Crippen LogP contribution < -0.4 is 5.32 Å². The largest absolute Gasteiger partial charge is 0.313 e. The first kappa shape index (κ1) is 12.7. The van der Waals surface area contributed by atoms with E-state index in [4.69, 9.17) is 0 Å². The van der Waals surface area contributed by atoms with Gasteiger partial charge in [-0.15, -0.1) is 0 Å². The van der Waals surface area contributed by atoms with Gasteiger partial charge in [-0.1, -0.05) is 6.92 Å². The topological polar surface area (TPSA) is 55.6 Å². The Bertz CT molecular complexity index is 527. The molecule has 0 aromatic carbocycles. The van der Waals surface area contributed by atoms with Crippen LogP contribution in [0.3, 0.4) is 0 Å². The number of aryl methyl sites for hydroxylation is 1. The molecule has 0 saturated heterocycles. The number of rotatable bonds is 4. The fraction of sp³-hybridized carbons (Fsp3) is 0.462. The van der Waals surface area contributed by atoms with Crippen LogP contribution in [0.5, 0.6) is 0 Å². The Hall–Kier alpha value is -1.75. The molecule has 0 aliphatic heterocycles. The SMILES string of the molecule is CCNCc1cnc(-n2nc(C)c(C)c2C)nc1. The molecule has 0 atom stereocenters. The summed E-state index contributed by atoms with van der Waals surface area (Å²) in [4.78, 5) is 8.73. The number of nitrogens with one attached hydrogen (secondary N) is 1. The summed E-state index contributed by atoms with van der Waals surface area (Å²) < 4.78 is 1.79. The fourth-order valence-electron chi connectivity index (χ4n) is 1.73. The molecule has 0 spiro atoms. The van der Waals surface area contributed by atoms with E-state index >= 15 is 0 Å². The Morgan fingerprint density at radius 1 is 1.17 bits per heavy atom. The Labute approximate surface area is 107 Å². The van der Waals surface area contributed by atoms with Crippen molar-refractivity contribution in [1.82, 2.24) is 25.1 Å². The highest BCUT2D eigenvalue weighted by molar-refractivity contribution is 5.28. The summed E-state index contributed by atoms with van der Waals surface area (Å²) in [6.45, 7) is 9.91. The maximum Gasteiger partial charge on any atom is 0.250 e. The highest BCUT2D eigenvalue weighted by Crippen LogP contribution is 2.13. The molecule has 5 nitrogen and oxygen atoms in total. The van der Waals surface area contributed by atoms with Gasteiger partial charge in [0.15, 0.2) is 0 Å². The molecule has 2 aromatic heterocycles. The normalized spacial score (nSPS) is 10.9. The Balaban J connectivity index is 2.26. The van der Waals surface area contributed by atoms with Crippen molar-refractivity contribution in [2.75, 3.05) is 6.54 Å². The van der Waals surface area contributed by atoms with E-state index in [9.17, 15) is 0 Å². The summed E-state index contributed by atoms with van der Waals surface area (Å²) in [6.07, 6.45) is 3.69. The molecule has 0 aliphatic carbocycles. The van der Waals surface area contributed by atoms with Crippen molar-refractivity contribution in [3.63, 3.8) is 0 Å². The van der Waals surface area contributed by atoms with Gasteiger partial charge in [0.1, 0.15) is 0 Å². The van der Waals surface area contributed by atoms with Crippen LogP contribution in [0.15, 0.2) is 12.4 Å². The molecular formula is C13H19N5. The lowest BCUT2D eigenvalue weighted by molar-refractivity contribution is 0.712. The molecule has 0 fully saturated rings. The number of hydrogen-bond acceptors (Lipinski definition) is 4. The van der Waals surface area contributed by atoms with Crippen LogP contribution in [-0.4, -0.2) is 26.3 Å². The summed E-state index contributed by atoms with van der Waals surface area (Å²) in [6, 6.07) is 0. The molecule has 5 heteroatoms. The van der Waals surface area contributed by atoms with E-state index in [0.29, 0.717) is 5.95 Å². The average molecular weight is 245 g/mol. The summed E-state index contributed by atoms with van der Waals surface area (Å²) in [5.41, 5.74) is 4.38. The van der Waals surface area contributed by atoms with Gasteiger partial charge in [0.05, 0.1) is 5.69 Å². The summed E-state index contributed by atoms with van der Waals surface area (Å²) in [7, 11) is 0. The van der Waals surface area contributed by atoms with E-state index in [2.05, 4.69) is 34.2 Å². The van der Waals surface area contributed by atoms with Crippen LogP contribution in [0.4, 0.5) is 0 Å². The standard InChI is InChI=1S/C13H19N5/c1-5-14-6-12-7-15-13(16-8-12)18-11(4)9(2)10(3)17-18/h7-8,14H,5-6H2,1-4H3. The third-order valence-electron chi connectivity index (χ3n) is 3.11. The predicted octanol–water partition coefficient (Wildman–Crippen LogP) is 1.70. The van der Waals surface area contributed by atoms with Crippen molar-refractivity contribution in [2.45, 2.75) is 34.2 Å². The lowest BCUT2D eigenvalue weighted by atomic mass is 10.2. The van der Waals surface area contributed by atoms with Gasteiger partial charge in [-0.05, 0) is 32.9 Å². The van der Waals surface area contributed by atoms with E-state index in [-0.39, 0.29) is 0 Å². The van der Waals surface area contributed by atoms with Gasteiger partial charge in [0, 0.05) is 30.2 Å². The molecule has 2 aromatic rings. The molecular weight excluding hydrogens is 226 g/mol. The average Bonchev–Trinajstić information content (AvgIpc) is 2.65. The molecule has 18 heavy (non-hydrogen) atoms. The molecule has 0 saturated carbocycles. The van der Waals surface area contributed by atoms with Gasteiger partial charge in [-0.25, -0.2) is 14.6 Å². The second-order valence-corrected chi connectivity index (χ2v) is 4.38. The van der Waals surface area contributed by atoms with E-state index in [1.165, 1.54) is 5.56 Å². The predicted molar refractivity (Wildman–Crippen MR) is 70.7 cm³/mol. The second kappa shape index (κ2) is 5.27. The first-order valence-corrected chi connectivity index (χ1v) is 6.18. The summed E-state index contributed by atoms with van der Waals surface area (Å²) in [5, 5.41) is 7.69. The highest BCUT2D eigenvalue weighted by atomic mass is 15.4. The quantitative estimate of drug-likeness (QED) is 0.890. The molecule has 0 radical (unpaired) electrons. The van der Waals surface area contributed by atoms with Crippen LogP contribution in [0.1, 0.15) is 29.4 Å². The highest BCUT2D eigenvalue weighted by Gasteiger charge is 2.10. The molecule has 1 N–H and O–H groups in total.